The van der Waals surface area contributed by atoms with Gasteiger partial charge in [-0.15, -0.1) is 0 Å². The number of aryl methyl sites for hydroxylation is 2. The lowest BCUT2D eigenvalue weighted by atomic mass is 10.2. The number of hydrogen-bond donors (Lipinski definition) is 1. The molecule has 0 bridgehead atoms. The van der Waals surface area contributed by atoms with Gasteiger partial charge in [0, 0.05) is 22.1 Å². The summed E-state index contributed by atoms with van der Waals surface area (Å²) >= 11 is 5.90. The van der Waals surface area contributed by atoms with Crippen molar-refractivity contribution in [1.82, 2.24) is 9.88 Å². The first-order chi connectivity index (χ1) is 13.8. The minimum atomic E-state index is -0.476. The minimum Gasteiger partial charge on any atom is -0.318 e. The van der Waals surface area contributed by atoms with E-state index in [1.165, 1.54) is 5.56 Å². The van der Waals surface area contributed by atoms with Crippen LogP contribution in [0.4, 0.5) is 10.5 Å². The van der Waals surface area contributed by atoms with Crippen LogP contribution in [-0.2, 0) is 4.79 Å². The third-order valence-corrected chi connectivity index (χ3v) is 5.28. The Kier molecular flexibility index (Phi) is 4.76. The number of rotatable bonds is 3. The molecule has 0 spiro atoms. The summed E-state index contributed by atoms with van der Waals surface area (Å²) in [6.45, 7) is 6.07. The van der Waals surface area contributed by atoms with E-state index in [1.807, 2.05) is 19.9 Å². The lowest BCUT2D eigenvalue weighted by Crippen LogP contribution is -2.30. The number of nitrogens with zero attached hydrogens (tertiary/aromatic N) is 2. The summed E-state index contributed by atoms with van der Waals surface area (Å²) in [7, 11) is 0. The average molecular weight is 406 g/mol. The number of benzene rings is 2. The number of carbonyl (C=O) groups excluding carboxylic acids is 2. The fraction of sp³-hybridized carbons (Fsp3) is 0.130. The molecular formula is C23H20ClN3O2. The number of halogens is 1. The molecule has 146 valence electrons. The van der Waals surface area contributed by atoms with Crippen LogP contribution in [0.3, 0.4) is 0 Å². The van der Waals surface area contributed by atoms with Crippen LogP contribution in [0, 0.1) is 20.8 Å². The summed E-state index contributed by atoms with van der Waals surface area (Å²) in [5.74, 6) is -0.391. The van der Waals surface area contributed by atoms with E-state index in [0.717, 1.165) is 27.5 Å². The lowest BCUT2D eigenvalue weighted by molar-refractivity contribution is -0.113. The van der Waals surface area contributed by atoms with Crippen molar-refractivity contribution in [3.05, 3.63) is 87.8 Å². The molecule has 1 saturated heterocycles. The van der Waals surface area contributed by atoms with E-state index in [1.54, 1.807) is 30.3 Å². The topological polar surface area (TPSA) is 54.3 Å². The van der Waals surface area contributed by atoms with Crippen molar-refractivity contribution < 1.29 is 9.59 Å². The Labute approximate surface area is 174 Å². The predicted octanol–water partition coefficient (Wildman–Crippen LogP) is 5.15. The highest BCUT2D eigenvalue weighted by Crippen LogP contribution is 2.27. The molecule has 1 aliphatic heterocycles. The molecule has 0 atom stereocenters. The second kappa shape index (κ2) is 7.26. The van der Waals surface area contributed by atoms with Crippen LogP contribution >= 0.6 is 11.6 Å². The Balaban J connectivity index is 1.69. The number of carbonyl (C=O) groups is 2. The zero-order valence-corrected chi connectivity index (χ0v) is 17.1. The molecule has 5 nitrogen and oxygen atoms in total. The van der Waals surface area contributed by atoms with E-state index in [4.69, 9.17) is 11.6 Å². The number of aromatic nitrogens is 1. The molecule has 3 amide bonds. The summed E-state index contributed by atoms with van der Waals surface area (Å²) in [5, 5.41) is 3.22. The van der Waals surface area contributed by atoms with Gasteiger partial charge in [-0.2, -0.15) is 0 Å². The molecule has 0 saturated carbocycles. The van der Waals surface area contributed by atoms with E-state index >= 15 is 0 Å². The lowest BCUT2D eigenvalue weighted by Gasteiger charge is -2.11. The van der Waals surface area contributed by atoms with Gasteiger partial charge >= 0.3 is 6.03 Å². The highest BCUT2D eigenvalue weighted by atomic mass is 35.5. The van der Waals surface area contributed by atoms with Crippen LogP contribution < -0.4 is 10.2 Å². The molecule has 2 aromatic carbocycles. The molecule has 1 aromatic heterocycles. The third-order valence-electron chi connectivity index (χ3n) is 5.03. The monoisotopic (exact) mass is 405 g/mol. The number of amides is 3. The SMILES string of the molecule is Cc1ccc(-n2c(C)cc(/C=C3\NC(=O)N(c4ccc(Cl)cc4)C3=O)c2C)cc1. The maximum absolute atomic E-state index is 12.9. The molecular weight excluding hydrogens is 386 g/mol. The first kappa shape index (κ1) is 19.0. The van der Waals surface area contributed by atoms with Crippen molar-refractivity contribution in [2.45, 2.75) is 20.8 Å². The molecule has 1 N–H and O–H groups in total. The van der Waals surface area contributed by atoms with Crippen LogP contribution in [0.25, 0.3) is 11.8 Å². The molecule has 1 fully saturated rings. The molecule has 1 aliphatic rings. The Morgan fingerprint density at radius 2 is 1.52 bits per heavy atom. The molecule has 2 heterocycles. The van der Waals surface area contributed by atoms with Gasteiger partial charge in [0.2, 0.25) is 0 Å². The predicted molar refractivity (Wildman–Crippen MR) is 115 cm³/mol. The van der Waals surface area contributed by atoms with Gasteiger partial charge in [0.15, 0.2) is 0 Å². The number of urea groups is 1. The first-order valence-corrected chi connectivity index (χ1v) is 9.61. The second-order valence-electron chi connectivity index (χ2n) is 7.10. The number of nitrogens with one attached hydrogen (secondary N) is 1. The van der Waals surface area contributed by atoms with E-state index in [0.29, 0.717) is 10.7 Å². The molecule has 29 heavy (non-hydrogen) atoms. The van der Waals surface area contributed by atoms with Crippen molar-refractivity contribution in [1.29, 1.82) is 0 Å². The minimum absolute atomic E-state index is 0.245. The van der Waals surface area contributed by atoms with Gasteiger partial charge in [0.25, 0.3) is 5.91 Å². The molecule has 0 radical (unpaired) electrons. The molecule has 6 heteroatoms. The Morgan fingerprint density at radius 3 is 2.17 bits per heavy atom. The Bertz CT molecular complexity index is 1140. The van der Waals surface area contributed by atoms with Gasteiger partial charge in [0.1, 0.15) is 5.70 Å². The molecule has 0 aliphatic carbocycles. The molecule has 3 aromatic rings. The largest absolute Gasteiger partial charge is 0.333 e. The summed E-state index contributed by atoms with van der Waals surface area (Å²) in [5.41, 5.74) is 5.89. The van der Waals surface area contributed by atoms with Crippen LogP contribution in [0.15, 0.2) is 60.3 Å². The van der Waals surface area contributed by atoms with Crippen molar-refractivity contribution in [3.8, 4) is 5.69 Å². The van der Waals surface area contributed by atoms with Crippen LogP contribution in [0.1, 0.15) is 22.5 Å². The van der Waals surface area contributed by atoms with Crippen molar-refractivity contribution in [2.24, 2.45) is 0 Å². The van der Waals surface area contributed by atoms with E-state index in [-0.39, 0.29) is 5.70 Å². The highest BCUT2D eigenvalue weighted by Gasteiger charge is 2.35. The number of anilines is 1. The van der Waals surface area contributed by atoms with Gasteiger partial charge in [-0.3, -0.25) is 4.79 Å². The van der Waals surface area contributed by atoms with Gasteiger partial charge in [-0.05, 0) is 74.9 Å². The fourth-order valence-corrected chi connectivity index (χ4v) is 3.67. The zero-order valence-electron chi connectivity index (χ0n) is 16.4. The van der Waals surface area contributed by atoms with Gasteiger partial charge < -0.3 is 9.88 Å². The number of imide groups is 1. The second-order valence-corrected chi connectivity index (χ2v) is 7.54. The zero-order chi connectivity index (χ0) is 20.7. The van der Waals surface area contributed by atoms with E-state index in [2.05, 4.69) is 41.1 Å². The van der Waals surface area contributed by atoms with Crippen molar-refractivity contribution >= 4 is 35.3 Å². The van der Waals surface area contributed by atoms with Gasteiger partial charge in [-0.1, -0.05) is 29.3 Å². The summed E-state index contributed by atoms with van der Waals surface area (Å²) in [6, 6.07) is 16.4. The Hall–Kier alpha value is -3.31. The Morgan fingerprint density at radius 1 is 0.897 bits per heavy atom. The smallest absolute Gasteiger partial charge is 0.318 e. The standard InChI is InChI=1S/C23H20ClN3O2/c1-14-4-8-19(9-5-14)26-15(2)12-17(16(26)3)13-21-22(28)27(23(29)25-21)20-10-6-18(24)7-11-20/h4-13H,1-3H3,(H,25,29)/b21-13-. The quantitative estimate of drug-likeness (QED) is 0.483. The molecule has 4 rings (SSSR count). The highest BCUT2D eigenvalue weighted by molar-refractivity contribution is 6.31. The van der Waals surface area contributed by atoms with Crippen LogP contribution in [-0.4, -0.2) is 16.5 Å². The first-order valence-electron chi connectivity index (χ1n) is 9.24. The summed E-state index contributed by atoms with van der Waals surface area (Å²) < 4.78 is 2.13. The number of hydrogen-bond acceptors (Lipinski definition) is 2. The van der Waals surface area contributed by atoms with Crippen molar-refractivity contribution in [3.63, 3.8) is 0 Å². The van der Waals surface area contributed by atoms with Crippen LogP contribution in [0.5, 0.6) is 0 Å². The average Bonchev–Trinajstić information content (AvgIpc) is 3.12. The van der Waals surface area contributed by atoms with Gasteiger partial charge in [0.05, 0.1) is 5.69 Å². The van der Waals surface area contributed by atoms with Crippen LogP contribution in [0.2, 0.25) is 5.02 Å². The fourth-order valence-electron chi connectivity index (χ4n) is 3.54. The van der Waals surface area contributed by atoms with Crippen molar-refractivity contribution in [2.75, 3.05) is 4.90 Å². The molecule has 0 unspecified atom stereocenters. The maximum Gasteiger partial charge on any atom is 0.333 e. The van der Waals surface area contributed by atoms with Gasteiger partial charge in [-0.25, -0.2) is 9.69 Å². The summed E-state index contributed by atoms with van der Waals surface area (Å²) in [6.07, 6.45) is 1.73. The van der Waals surface area contributed by atoms with E-state index < -0.39 is 11.9 Å². The normalized spacial score (nSPS) is 15.3. The van der Waals surface area contributed by atoms with E-state index in [9.17, 15) is 9.59 Å². The summed E-state index contributed by atoms with van der Waals surface area (Å²) in [4.78, 5) is 26.4. The third kappa shape index (κ3) is 3.45. The maximum atomic E-state index is 12.9.